The second kappa shape index (κ2) is 17.6. The van der Waals surface area contributed by atoms with E-state index in [1.807, 2.05) is 65.6 Å². The van der Waals surface area contributed by atoms with Crippen molar-refractivity contribution in [1.82, 2.24) is 15.3 Å². The van der Waals surface area contributed by atoms with E-state index in [9.17, 15) is 19.2 Å². The fourth-order valence-electron chi connectivity index (χ4n) is 7.17. The molecule has 4 aromatic carbocycles. The number of rotatable bonds is 6. The van der Waals surface area contributed by atoms with Crippen molar-refractivity contribution in [3.8, 4) is 5.75 Å². The minimum atomic E-state index is -0.585. The lowest BCUT2D eigenvalue weighted by atomic mass is 9.86. The first-order valence-corrected chi connectivity index (χ1v) is 19.2. The number of nitrogens with zero attached hydrogens (tertiary/aromatic N) is 2. The number of benzene rings is 4. The lowest BCUT2D eigenvalue weighted by Crippen LogP contribution is -2.36. The van der Waals surface area contributed by atoms with Crippen LogP contribution in [-0.4, -0.2) is 77.0 Å². The molecule has 0 saturated heterocycles. The molecule has 0 aromatic heterocycles. The largest absolute Gasteiger partial charge is 0.496 e. The number of aliphatic hydroxyl groups excluding tert-OH is 1. The van der Waals surface area contributed by atoms with Gasteiger partial charge in [-0.3, -0.25) is 24.4 Å². The Morgan fingerprint density at radius 1 is 0.643 bits per heavy atom. The van der Waals surface area contributed by atoms with E-state index in [4.69, 9.17) is 15.1 Å². The van der Waals surface area contributed by atoms with Gasteiger partial charge in [0.2, 0.25) is 0 Å². The maximum Gasteiger partial charge on any atom is 0.274 e. The summed E-state index contributed by atoms with van der Waals surface area (Å²) in [5.41, 5.74) is 10.6. The average molecular weight is 762 g/mol. The number of hydroxylamine groups is 1. The molecular formula is C46H55N3O7. The van der Waals surface area contributed by atoms with Gasteiger partial charge in [0.05, 0.1) is 7.11 Å². The Morgan fingerprint density at radius 2 is 1.16 bits per heavy atom. The zero-order valence-corrected chi connectivity index (χ0v) is 33.7. The molecule has 0 atom stereocenters. The molecule has 0 aliphatic carbocycles. The van der Waals surface area contributed by atoms with E-state index in [1.54, 1.807) is 28.6 Å². The molecule has 6 rings (SSSR count). The molecule has 2 heterocycles. The van der Waals surface area contributed by atoms with Crippen molar-refractivity contribution in [2.75, 3.05) is 33.4 Å². The quantitative estimate of drug-likeness (QED) is 0.108. The number of ketones is 1. The van der Waals surface area contributed by atoms with Gasteiger partial charge in [-0.25, -0.2) is 5.48 Å². The third kappa shape index (κ3) is 9.91. The van der Waals surface area contributed by atoms with E-state index in [1.165, 1.54) is 23.8 Å². The van der Waals surface area contributed by atoms with Crippen molar-refractivity contribution < 1.29 is 34.2 Å². The molecule has 3 N–H and O–H groups in total. The molecule has 0 radical (unpaired) electrons. The number of aliphatic hydroxyl groups is 1. The number of fused-ring (bicyclic) bond motifs is 2. The number of methoxy groups -OCH3 is 1. The van der Waals surface area contributed by atoms with Crippen molar-refractivity contribution in [3.05, 3.63) is 134 Å². The average Bonchev–Trinajstić information content (AvgIpc) is 3.19. The van der Waals surface area contributed by atoms with E-state index < -0.39 is 12.5 Å². The van der Waals surface area contributed by atoms with Gasteiger partial charge in [-0.15, -0.1) is 0 Å². The van der Waals surface area contributed by atoms with Crippen LogP contribution in [0.2, 0.25) is 0 Å². The first-order chi connectivity index (χ1) is 26.5. The Bertz CT molecular complexity index is 2040. The van der Waals surface area contributed by atoms with Crippen molar-refractivity contribution in [2.45, 2.75) is 84.6 Å². The predicted molar refractivity (Wildman–Crippen MR) is 217 cm³/mol. The molecule has 0 unspecified atom stereocenters. The summed E-state index contributed by atoms with van der Waals surface area (Å²) in [5.74, 6) is -0.274. The van der Waals surface area contributed by atoms with E-state index in [2.05, 4.69) is 41.5 Å². The van der Waals surface area contributed by atoms with Crippen molar-refractivity contribution in [2.24, 2.45) is 0 Å². The molecule has 0 bridgehead atoms. The van der Waals surface area contributed by atoms with Crippen LogP contribution in [0.25, 0.3) is 0 Å². The summed E-state index contributed by atoms with van der Waals surface area (Å²) in [5, 5.41) is 18.0. The number of hydrogen-bond acceptors (Lipinski definition) is 7. The Morgan fingerprint density at radius 3 is 1.70 bits per heavy atom. The lowest BCUT2D eigenvalue weighted by molar-refractivity contribution is 0.0701. The SMILES string of the molecule is CC(C)(C)c1ccc(C(=O)N2CCCc3ccc(C(=O)CO)cc3CC2)cc1.COc1cc(C(=O)NO)cc2c1CN(C(=O)c1ccc(C(C)(C)C)cc1)CC2. The van der Waals surface area contributed by atoms with Crippen LogP contribution in [-0.2, 0) is 36.6 Å². The fourth-order valence-corrected chi connectivity index (χ4v) is 7.17. The Balaban J connectivity index is 0.000000214. The number of Topliss-reactive ketones (excluding diaryl/α,β-unsaturated/α-hetero) is 1. The third-order valence-corrected chi connectivity index (χ3v) is 10.7. The standard InChI is InChI=1S/C24H29NO3.C22H26N2O4/c1-24(2,3)21-10-8-18(9-11-21)23(28)25-13-4-5-17-6-7-20(22(27)16-26)15-19(17)12-14-25;1-22(2,3)17-7-5-14(6-8-17)21(26)24-10-9-15-11-16(20(25)23-27)12-19(28-4)18(15)13-24/h6-11,15,26H,4-5,12-14,16H2,1-3H3;5-8,11-12,27H,9-10,13H2,1-4H3,(H,23,25). The van der Waals surface area contributed by atoms with Gasteiger partial charge < -0.3 is 19.6 Å². The van der Waals surface area contributed by atoms with Crippen LogP contribution in [0.15, 0.2) is 78.9 Å². The third-order valence-electron chi connectivity index (χ3n) is 10.7. The molecule has 10 heteroatoms. The highest BCUT2D eigenvalue weighted by molar-refractivity contribution is 5.97. The van der Waals surface area contributed by atoms with Gasteiger partial charge in [0, 0.05) is 54.0 Å². The summed E-state index contributed by atoms with van der Waals surface area (Å²) < 4.78 is 5.44. The topological polar surface area (TPSA) is 136 Å². The number of amides is 3. The molecule has 296 valence electrons. The van der Waals surface area contributed by atoms with E-state index >= 15 is 0 Å². The van der Waals surface area contributed by atoms with Crippen LogP contribution in [0, 0.1) is 0 Å². The first kappa shape index (κ1) is 41.8. The van der Waals surface area contributed by atoms with Crippen LogP contribution in [0.5, 0.6) is 5.75 Å². The normalized spacial score (nSPS) is 14.2. The molecule has 0 fully saturated rings. The minimum Gasteiger partial charge on any atom is -0.496 e. The van der Waals surface area contributed by atoms with Gasteiger partial charge in [0.15, 0.2) is 5.78 Å². The number of hydrogen-bond donors (Lipinski definition) is 3. The molecular weight excluding hydrogens is 707 g/mol. The van der Waals surface area contributed by atoms with Crippen molar-refractivity contribution in [1.29, 1.82) is 0 Å². The molecule has 2 aliphatic rings. The highest BCUT2D eigenvalue weighted by Crippen LogP contribution is 2.31. The summed E-state index contributed by atoms with van der Waals surface area (Å²) in [6, 6.07) is 24.7. The first-order valence-electron chi connectivity index (χ1n) is 19.2. The Labute approximate surface area is 330 Å². The monoisotopic (exact) mass is 761 g/mol. The van der Waals surface area contributed by atoms with Crippen molar-refractivity contribution >= 4 is 23.5 Å². The zero-order chi connectivity index (χ0) is 40.8. The maximum atomic E-state index is 13.0. The molecule has 0 saturated carbocycles. The second-order valence-corrected chi connectivity index (χ2v) is 16.6. The molecule has 3 amide bonds. The highest BCUT2D eigenvalue weighted by atomic mass is 16.5. The summed E-state index contributed by atoms with van der Waals surface area (Å²) >= 11 is 0. The van der Waals surface area contributed by atoms with Gasteiger partial charge >= 0.3 is 0 Å². The zero-order valence-electron chi connectivity index (χ0n) is 33.7. The minimum absolute atomic E-state index is 0.0228. The van der Waals surface area contributed by atoms with E-state index in [-0.39, 0.29) is 28.4 Å². The highest BCUT2D eigenvalue weighted by Gasteiger charge is 2.27. The maximum absolute atomic E-state index is 13.0. The molecule has 56 heavy (non-hydrogen) atoms. The van der Waals surface area contributed by atoms with E-state index in [0.717, 1.165) is 41.6 Å². The van der Waals surface area contributed by atoms with Gasteiger partial charge in [-0.1, -0.05) is 77.9 Å². The summed E-state index contributed by atoms with van der Waals surface area (Å²) in [4.78, 5) is 53.2. The van der Waals surface area contributed by atoms with Crippen LogP contribution in [0.1, 0.15) is 123 Å². The molecule has 4 aromatic rings. The number of aryl methyl sites for hydroxylation is 1. The Kier molecular flexibility index (Phi) is 13.2. The number of ether oxygens (including phenoxy) is 1. The molecule has 2 aliphatic heterocycles. The molecule has 0 spiro atoms. The summed E-state index contributed by atoms with van der Waals surface area (Å²) in [6.45, 7) is 14.8. The van der Waals surface area contributed by atoms with Crippen LogP contribution >= 0.6 is 0 Å². The second-order valence-electron chi connectivity index (χ2n) is 16.6. The fraction of sp³-hybridized carbons (Fsp3) is 0.391. The van der Waals surface area contributed by atoms with Crippen LogP contribution in [0.3, 0.4) is 0 Å². The number of carbonyl (C=O) groups excluding carboxylic acids is 4. The Hall–Kier alpha value is -5.32. The number of nitrogens with one attached hydrogen (secondary N) is 1. The van der Waals surface area contributed by atoms with E-state index in [0.29, 0.717) is 54.9 Å². The van der Waals surface area contributed by atoms with Gasteiger partial charge in [-0.2, -0.15) is 0 Å². The smallest absolute Gasteiger partial charge is 0.274 e. The number of carbonyl (C=O) groups is 4. The molecule has 10 nitrogen and oxygen atoms in total. The predicted octanol–water partition coefficient (Wildman–Crippen LogP) is 7.10. The van der Waals surface area contributed by atoms with Crippen molar-refractivity contribution in [3.63, 3.8) is 0 Å². The van der Waals surface area contributed by atoms with Gasteiger partial charge in [-0.05, 0) is 107 Å². The van der Waals surface area contributed by atoms with Gasteiger partial charge in [0.1, 0.15) is 12.4 Å². The summed E-state index contributed by atoms with van der Waals surface area (Å²) in [7, 11) is 1.53. The van der Waals surface area contributed by atoms with Gasteiger partial charge in [0.25, 0.3) is 17.7 Å². The van der Waals surface area contributed by atoms with Crippen LogP contribution < -0.4 is 10.2 Å². The lowest BCUT2D eigenvalue weighted by Gasteiger charge is -2.30. The van der Waals surface area contributed by atoms with Crippen LogP contribution in [0.4, 0.5) is 0 Å². The summed E-state index contributed by atoms with van der Waals surface area (Å²) in [6.07, 6.45) is 3.11.